The molecule has 0 aliphatic carbocycles. The van der Waals surface area contributed by atoms with E-state index in [1.165, 1.54) is 0 Å². The molecular weight excluding hydrogens is 346 g/mol. The number of carbonyl (C=O) groups is 1. The van der Waals surface area contributed by atoms with Gasteiger partial charge < -0.3 is 10.6 Å². The van der Waals surface area contributed by atoms with Crippen LogP contribution < -0.4 is 10.6 Å². The summed E-state index contributed by atoms with van der Waals surface area (Å²) in [5, 5.41) is 26.0. The highest BCUT2D eigenvalue weighted by atomic mass is 16.2. The fourth-order valence-electron chi connectivity index (χ4n) is 3.19. The average molecular weight is 367 g/mol. The molecule has 0 atom stereocenters. The molecule has 1 saturated heterocycles. The van der Waals surface area contributed by atoms with Crippen LogP contribution in [0.1, 0.15) is 36.3 Å². The molecule has 4 rings (SSSR count). The average Bonchev–Trinajstić information content (AvgIpc) is 3.38. The second-order valence-corrected chi connectivity index (χ2v) is 6.42. The van der Waals surface area contributed by atoms with Gasteiger partial charge in [-0.05, 0) is 55.4 Å². The van der Waals surface area contributed by atoms with Crippen LogP contribution in [0.15, 0.2) is 30.5 Å². The van der Waals surface area contributed by atoms with Gasteiger partial charge in [-0.1, -0.05) is 17.3 Å². The van der Waals surface area contributed by atoms with Gasteiger partial charge in [-0.15, -0.1) is 10.2 Å². The van der Waals surface area contributed by atoms with Gasteiger partial charge in [0.05, 0.1) is 12.2 Å². The van der Waals surface area contributed by atoms with Crippen molar-refractivity contribution in [3.05, 3.63) is 36.2 Å². The Bertz CT molecular complexity index is 926. The molecule has 1 aromatic carbocycles. The number of rotatable bonds is 5. The number of amides is 1. The Morgan fingerprint density at radius 1 is 1.26 bits per heavy atom. The van der Waals surface area contributed by atoms with E-state index in [4.69, 9.17) is 0 Å². The lowest BCUT2D eigenvalue weighted by atomic mass is 10.1. The number of benzene rings is 1. The van der Waals surface area contributed by atoms with Gasteiger partial charge in [-0.25, -0.2) is 9.36 Å². The zero-order chi connectivity index (χ0) is 18.6. The summed E-state index contributed by atoms with van der Waals surface area (Å²) in [5.41, 5.74) is 1.79. The van der Waals surface area contributed by atoms with Gasteiger partial charge >= 0.3 is 0 Å². The van der Waals surface area contributed by atoms with E-state index in [0.29, 0.717) is 23.8 Å². The van der Waals surface area contributed by atoms with Crippen LogP contribution in [-0.4, -0.2) is 54.2 Å². The number of hydrogen-bond donors (Lipinski definition) is 2. The molecule has 1 fully saturated rings. The van der Waals surface area contributed by atoms with Crippen molar-refractivity contribution < 1.29 is 4.79 Å². The van der Waals surface area contributed by atoms with Crippen LogP contribution in [0, 0.1) is 0 Å². The normalized spacial score (nSPS) is 15.0. The van der Waals surface area contributed by atoms with Crippen LogP contribution in [0.4, 0.5) is 5.69 Å². The van der Waals surface area contributed by atoms with Crippen LogP contribution in [0.5, 0.6) is 0 Å². The molecule has 0 unspecified atom stereocenters. The summed E-state index contributed by atoms with van der Waals surface area (Å²) in [6.07, 6.45) is 3.68. The van der Waals surface area contributed by atoms with E-state index >= 15 is 0 Å². The molecule has 10 heteroatoms. The maximum absolute atomic E-state index is 12.5. The Hall–Kier alpha value is -3.14. The number of nitrogens with zero attached hydrogens (tertiary/aromatic N) is 7. The first kappa shape index (κ1) is 17.3. The SMILES string of the molecule is CCn1nnnc1-c1cccc(NC(=O)c2cn(C3CCNCC3)nn2)c1. The largest absolute Gasteiger partial charge is 0.321 e. The number of carbonyl (C=O) groups excluding carboxylic acids is 1. The lowest BCUT2D eigenvalue weighted by Gasteiger charge is -2.22. The van der Waals surface area contributed by atoms with E-state index < -0.39 is 0 Å². The van der Waals surface area contributed by atoms with Crippen molar-refractivity contribution in [1.82, 2.24) is 40.5 Å². The van der Waals surface area contributed by atoms with Crippen molar-refractivity contribution in [3.63, 3.8) is 0 Å². The molecule has 3 heterocycles. The summed E-state index contributed by atoms with van der Waals surface area (Å²) in [4.78, 5) is 12.5. The van der Waals surface area contributed by atoms with Crippen LogP contribution in [0.3, 0.4) is 0 Å². The monoisotopic (exact) mass is 367 g/mol. The smallest absolute Gasteiger partial charge is 0.277 e. The minimum atomic E-state index is -0.289. The van der Waals surface area contributed by atoms with Crippen molar-refractivity contribution in [2.24, 2.45) is 0 Å². The van der Waals surface area contributed by atoms with E-state index in [2.05, 4.69) is 36.5 Å². The number of hydrogen-bond acceptors (Lipinski definition) is 7. The summed E-state index contributed by atoms with van der Waals surface area (Å²) in [6.45, 7) is 4.54. The molecule has 2 N–H and O–H groups in total. The number of nitrogens with one attached hydrogen (secondary N) is 2. The summed E-state index contributed by atoms with van der Waals surface area (Å²) in [6, 6.07) is 7.70. The summed E-state index contributed by atoms with van der Waals surface area (Å²) in [5.74, 6) is 0.368. The highest BCUT2D eigenvalue weighted by molar-refractivity contribution is 6.02. The number of tetrazole rings is 1. The van der Waals surface area contributed by atoms with Crippen LogP contribution in [0.2, 0.25) is 0 Å². The molecule has 0 bridgehead atoms. The highest BCUT2D eigenvalue weighted by Crippen LogP contribution is 2.21. The lowest BCUT2D eigenvalue weighted by molar-refractivity contribution is 0.102. The lowest BCUT2D eigenvalue weighted by Crippen LogP contribution is -2.29. The number of aryl methyl sites for hydroxylation is 1. The number of piperidine rings is 1. The molecule has 27 heavy (non-hydrogen) atoms. The molecule has 1 aliphatic rings. The van der Waals surface area contributed by atoms with Crippen molar-refractivity contribution in [1.29, 1.82) is 0 Å². The number of anilines is 1. The van der Waals surface area contributed by atoms with Gasteiger partial charge in [-0.3, -0.25) is 4.79 Å². The minimum absolute atomic E-state index is 0.288. The first-order chi connectivity index (χ1) is 13.2. The Labute approximate surface area is 155 Å². The quantitative estimate of drug-likeness (QED) is 0.694. The van der Waals surface area contributed by atoms with Gasteiger partial charge in [0.2, 0.25) is 0 Å². The fourth-order valence-corrected chi connectivity index (χ4v) is 3.19. The first-order valence-corrected chi connectivity index (χ1v) is 9.05. The van der Waals surface area contributed by atoms with Gasteiger partial charge in [-0.2, -0.15) is 0 Å². The Morgan fingerprint density at radius 2 is 2.11 bits per heavy atom. The van der Waals surface area contributed by atoms with Gasteiger partial charge in [0.25, 0.3) is 5.91 Å². The van der Waals surface area contributed by atoms with Gasteiger partial charge in [0.15, 0.2) is 11.5 Å². The van der Waals surface area contributed by atoms with Crippen LogP contribution in [-0.2, 0) is 6.54 Å². The Kier molecular flexibility index (Phi) is 4.88. The van der Waals surface area contributed by atoms with Crippen molar-refractivity contribution in [2.45, 2.75) is 32.4 Å². The molecule has 1 amide bonds. The van der Waals surface area contributed by atoms with E-state index in [1.54, 1.807) is 15.6 Å². The molecular formula is C17H21N9O. The van der Waals surface area contributed by atoms with E-state index in [0.717, 1.165) is 31.5 Å². The topological polar surface area (TPSA) is 115 Å². The third-order valence-electron chi connectivity index (χ3n) is 4.64. The molecule has 1 aliphatic heterocycles. The predicted molar refractivity (Wildman–Crippen MR) is 98.0 cm³/mol. The maximum Gasteiger partial charge on any atom is 0.277 e. The maximum atomic E-state index is 12.5. The molecule has 10 nitrogen and oxygen atoms in total. The first-order valence-electron chi connectivity index (χ1n) is 9.05. The van der Waals surface area contributed by atoms with Crippen molar-refractivity contribution in [2.75, 3.05) is 18.4 Å². The minimum Gasteiger partial charge on any atom is -0.321 e. The molecule has 0 radical (unpaired) electrons. The van der Waals surface area contributed by atoms with Crippen LogP contribution >= 0.6 is 0 Å². The Balaban J connectivity index is 1.48. The summed E-state index contributed by atoms with van der Waals surface area (Å²) in [7, 11) is 0. The third kappa shape index (κ3) is 3.70. The summed E-state index contributed by atoms with van der Waals surface area (Å²) >= 11 is 0. The molecule has 140 valence electrons. The van der Waals surface area contributed by atoms with E-state index in [1.807, 2.05) is 31.2 Å². The van der Waals surface area contributed by atoms with Crippen molar-refractivity contribution in [3.8, 4) is 11.4 Å². The standard InChI is InChI=1S/C17H21N9O/c1-2-25-16(21-22-24-25)12-4-3-5-13(10-12)19-17(27)15-11-26(23-20-15)14-6-8-18-9-7-14/h3-5,10-11,14,18H,2,6-9H2,1H3,(H,19,27). The zero-order valence-electron chi connectivity index (χ0n) is 15.0. The van der Waals surface area contributed by atoms with E-state index in [9.17, 15) is 4.79 Å². The number of aromatic nitrogens is 7. The highest BCUT2D eigenvalue weighted by Gasteiger charge is 2.19. The van der Waals surface area contributed by atoms with E-state index in [-0.39, 0.29) is 11.9 Å². The van der Waals surface area contributed by atoms with Gasteiger partial charge in [0, 0.05) is 17.8 Å². The summed E-state index contributed by atoms with van der Waals surface area (Å²) < 4.78 is 3.49. The second-order valence-electron chi connectivity index (χ2n) is 6.42. The van der Waals surface area contributed by atoms with Crippen molar-refractivity contribution >= 4 is 11.6 Å². The third-order valence-corrected chi connectivity index (χ3v) is 4.64. The molecule has 2 aromatic heterocycles. The van der Waals surface area contributed by atoms with Crippen LogP contribution in [0.25, 0.3) is 11.4 Å². The zero-order valence-corrected chi connectivity index (χ0v) is 15.0. The molecule has 3 aromatic rings. The molecule has 0 saturated carbocycles. The van der Waals surface area contributed by atoms with Gasteiger partial charge in [0.1, 0.15) is 0 Å². The second kappa shape index (κ2) is 7.62. The Morgan fingerprint density at radius 3 is 2.93 bits per heavy atom. The predicted octanol–water partition coefficient (Wildman–Crippen LogP) is 1.13. The fraction of sp³-hybridized carbons (Fsp3) is 0.412. The molecule has 0 spiro atoms.